The molecule has 9 heavy (non-hydrogen) atoms. The number of alkyl halides is 2. The summed E-state index contributed by atoms with van der Waals surface area (Å²) in [6, 6.07) is 0. The summed E-state index contributed by atoms with van der Waals surface area (Å²) in [6.07, 6.45) is -0.538. The lowest BCUT2D eigenvalue weighted by Gasteiger charge is -2.03. The summed E-state index contributed by atoms with van der Waals surface area (Å²) in [7, 11) is 0. The molecule has 2 nitrogen and oxygen atoms in total. The average molecular weight is 136 g/mol. The first-order valence-electron chi connectivity index (χ1n) is 2.33. The van der Waals surface area contributed by atoms with E-state index in [1.807, 2.05) is 0 Å². The van der Waals surface area contributed by atoms with Crippen LogP contribution in [0.2, 0.25) is 0 Å². The van der Waals surface area contributed by atoms with Gasteiger partial charge in [0, 0.05) is 6.92 Å². The fourth-order valence-corrected chi connectivity index (χ4v) is 0.255. The van der Waals surface area contributed by atoms with Gasteiger partial charge in [-0.3, -0.25) is 4.79 Å². The minimum Gasteiger partial charge on any atom is -0.303 e. The Bertz CT molecular complexity index is 125. The number of Topliss-reactive ketones (excluding diaryl/α,β-unsaturated/α-hetero) is 1. The highest BCUT2D eigenvalue weighted by Crippen LogP contribution is 2.13. The molecule has 0 atom stereocenters. The minimum absolute atomic E-state index is 0.166. The molecule has 0 radical (unpaired) electrons. The summed E-state index contributed by atoms with van der Waals surface area (Å²) in [5.41, 5.74) is 0. The van der Waals surface area contributed by atoms with Crippen LogP contribution in [0, 0.1) is 0 Å². The molecule has 0 saturated carbocycles. The second kappa shape index (κ2) is 2.66. The Morgan fingerprint density at radius 2 is 2.11 bits per heavy atom. The van der Waals surface area contributed by atoms with Crippen molar-refractivity contribution < 1.29 is 18.4 Å². The van der Waals surface area contributed by atoms with Crippen molar-refractivity contribution >= 4 is 12.1 Å². The standard InChI is InChI=1S/C5H6F2O2/c1-5(6,7)4(9)2-3-8/h3H,2H2,1H3. The Morgan fingerprint density at radius 1 is 1.67 bits per heavy atom. The summed E-state index contributed by atoms with van der Waals surface area (Å²) < 4.78 is 23.6. The van der Waals surface area contributed by atoms with Gasteiger partial charge in [-0.25, -0.2) is 0 Å². The van der Waals surface area contributed by atoms with Crippen LogP contribution in [0.3, 0.4) is 0 Å². The van der Waals surface area contributed by atoms with Gasteiger partial charge in [-0.05, 0) is 0 Å². The van der Waals surface area contributed by atoms with Crippen molar-refractivity contribution in [3.8, 4) is 0 Å². The molecule has 0 amide bonds. The van der Waals surface area contributed by atoms with Crippen LogP contribution in [-0.4, -0.2) is 18.0 Å². The maximum Gasteiger partial charge on any atom is 0.302 e. The van der Waals surface area contributed by atoms with Gasteiger partial charge in [0.05, 0.1) is 6.42 Å². The van der Waals surface area contributed by atoms with Crippen molar-refractivity contribution in [3.05, 3.63) is 0 Å². The van der Waals surface area contributed by atoms with Crippen molar-refractivity contribution in [3.63, 3.8) is 0 Å². The van der Waals surface area contributed by atoms with Crippen molar-refractivity contribution in [2.45, 2.75) is 19.3 Å². The van der Waals surface area contributed by atoms with Crippen molar-refractivity contribution in [1.82, 2.24) is 0 Å². The molecule has 52 valence electrons. The van der Waals surface area contributed by atoms with Crippen LogP contribution in [0.5, 0.6) is 0 Å². The topological polar surface area (TPSA) is 34.1 Å². The van der Waals surface area contributed by atoms with Crippen LogP contribution in [-0.2, 0) is 9.59 Å². The molecule has 0 fully saturated rings. The van der Waals surface area contributed by atoms with E-state index in [9.17, 15) is 18.4 Å². The fraction of sp³-hybridized carbons (Fsp3) is 0.600. The third-order valence-electron chi connectivity index (χ3n) is 0.758. The molecule has 0 heterocycles. The van der Waals surface area contributed by atoms with Crippen LogP contribution in [0.15, 0.2) is 0 Å². The van der Waals surface area contributed by atoms with E-state index in [1.54, 1.807) is 0 Å². The molecule has 0 aliphatic carbocycles. The number of rotatable bonds is 3. The van der Waals surface area contributed by atoms with E-state index in [4.69, 9.17) is 0 Å². The number of ketones is 1. The molecule has 0 N–H and O–H groups in total. The number of carbonyl (C=O) groups excluding carboxylic acids is 2. The van der Waals surface area contributed by atoms with Gasteiger partial charge < -0.3 is 4.79 Å². The van der Waals surface area contributed by atoms with E-state index in [-0.39, 0.29) is 6.29 Å². The van der Waals surface area contributed by atoms with Crippen LogP contribution in [0.25, 0.3) is 0 Å². The summed E-state index contributed by atoms with van der Waals surface area (Å²) in [5.74, 6) is -4.70. The molecule has 0 bridgehead atoms. The molecular weight excluding hydrogens is 130 g/mol. The SMILES string of the molecule is CC(F)(F)C(=O)CC=O. The van der Waals surface area contributed by atoms with Crippen molar-refractivity contribution in [2.75, 3.05) is 0 Å². The van der Waals surface area contributed by atoms with Gasteiger partial charge in [0.1, 0.15) is 6.29 Å². The number of carbonyl (C=O) groups is 2. The third-order valence-corrected chi connectivity index (χ3v) is 0.758. The molecule has 0 aliphatic heterocycles. The third kappa shape index (κ3) is 2.90. The monoisotopic (exact) mass is 136 g/mol. The van der Waals surface area contributed by atoms with Gasteiger partial charge in [-0.2, -0.15) is 8.78 Å². The smallest absolute Gasteiger partial charge is 0.302 e. The quantitative estimate of drug-likeness (QED) is 0.424. The van der Waals surface area contributed by atoms with Crippen LogP contribution in [0.1, 0.15) is 13.3 Å². The molecule has 4 heteroatoms. The Kier molecular flexibility index (Phi) is 2.42. The number of halogens is 2. The summed E-state index contributed by atoms with van der Waals surface area (Å²) in [5, 5.41) is 0. The average Bonchev–Trinajstić information content (AvgIpc) is 1.64. The number of hydrogen-bond donors (Lipinski definition) is 0. The molecule has 0 saturated heterocycles. The number of hydrogen-bond acceptors (Lipinski definition) is 2. The first kappa shape index (κ1) is 8.20. The van der Waals surface area contributed by atoms with E-state index >= 15 is 0 Å². The van der Waals surface area contributed by atoms with Crippen LogP contribution in [0.4, 0.5) is 8.78 Å². The highest BCUT2D eigenvalue weighted by molar-refractivity contribution is 5.94. The lowest BCUT2D eigenvalue weighted by Crippen LogP contribution is -2.24. The van der Waals surface area contributed by atoms with E-state index in [2.05, 4.69) is 0 Å². The molecule has 0 aliphatic rings. The maximum absolute atomic E-state index is 11.8. The molecule has 0 spiro atoms. The zero-order chi connectivity index (χ0) is 7.49. The zero-order valence-corrected chi connectivity index (χ0v) is 4.86. The number of aldehydes is 1. The molecule has 0 aromatic heterocycles. The molecule has 0 aromatic rings. The molecule has 0 aromatic carbocycles. The van der Waals surface area contributed by atoms with Gasteiger partial charge in [0.2, 0.25) is 5.78 Å². The van der Waals surface area contributed by atoms with E-state index in [1.165, 1.54) is 0 Å². The predicted octanol–water partition coefficient (Wildman–Crippen LogP) is 0.800. The molecular formula is C5H6F2O2. The highest BCUT2D eigenvalue weighted by atomic mass is 19.3. The minimum atomic E-state index is -3.36. The Hall–Kier alpha value is -0.800. The summed E-state index contributed by atoms with van der Waals surface area (Å²) >= 11 is 0. The molecule has 0 unspecified atom stereocenters. The first-order chi connectivity index (χ1) is 3.98. The van der Waals surface area contributed by atoms with Gasteiger partial charge in [-0.1, -0.05) is 0 Å². The lowest BCUT2D eigenvalue weighted by molar-refractivity contribution is -0.141. The Balaban J connectivity index is 3.88. The van der Waals surface area contributed by atoms with Crippen LogP contribution < -0.4 is 0 Å². The summed E-state index contributed by atoms with van der Waals surface area (Å²) in [4.78, 5) is 19.6. The predicted molar refractivity (Wildman–Crippen MR) is 26.3 cm³/mol. The van der Waals surface area contributed by atoms with Gasteiger partial charge in [0.15, 0.2) is 0 Å². The van der Waals surface area contributed by atoms with Crippen molar-refractivity contribution in [1.29, 1.82) is 0 Å². The second-order valence-corrected chi connectivity index (χ2v) is 1.68. The van der Waals surface area contributed by atoms with Gasteiger partial charge >= 0.3 is 5.92 Å². The highest BCUT2D eigenvalue weighted by Gasteiger charge is 2.30. The molecule has 0 rings (SSSR count). The summed E-state index contributed by atoms with van der Waals surface area (Å²) in [6.45, 7) is 0.471. The lowest BCUT2D eigenvalue weighted by atomic mass is 10.2. The Morgan fingerprint density at radius 3 is 2.22 bits per heavy atom. The zero-order valence-electron chi connectivity index (χ0n) is 4.86. The largest absolute Gasteiger partial charge is 0.303 e. The van der Waals surface area contributed by atoms with Crippen LogP contribution >= 0.6 is 0 Å². The van der Waals surface area contributed by atoms with Gasteiger partial charge in [-0.15, -0.1) is 0 Å². The fourth-order valence-electron chi connectivity index (χ4n) is 0.255. The maximum atomic E-state index is 11.8. The van der Waals surface area contributed by atoms with E-state index in [0.717, 1.165) is 0 Å². The van der Waals surface area contributed by atoms with E-state index < -0.39 is 18.1 Å². The van der Waals surface area contributed by atoms with Crippen molar-refractivity contribution in [2.24, 2.45) is 0 Å². The van der Waals surface area contributed by atoms with Gasteiger partial charge in [0.25, 0.3) is 0 Å². The Labute approximate surface area is 50.9 Å². The first-order valence-corrected chi connectivity index (χ1v) is 2.33. The van der Waals surface area contributed by atoms with E-state index in [0.29, 0.717) is 6.92 Å². The normalized spacial score (nSPS) is 11.0. The second-order valence-electron chi connectivity index (χ2n) is 1.68.